The lowest BCUT2D eigenvalue weighted by Crippen LogP contribution is -2.04. The molecule has 0 saturated heterocycles. The average molecular weight is 415 g/mol. The highest BCUT2D eigenvalue weighted by Gasteiger charge is 2.30. The molecular weight excluding hydrogens is 394 g/mol. The number of pyridine rings is 1. The lowest BCUT2D eigenvalue weighted by Gasteiger charge is -2.15. The van der Waals surface area contributed by atoms with Gasteiger partial charge in [-0.1, -0.05) is 38.1 Å². The van der Waals surface area contributed by atoms with E-state index in [4.69, 9.17) is 4.98 Å². The molecule has 0 spiro atoms. The van der Waals surface area contributed by atoms with Gasteiger partial charge in [-0.05, 0) is 59.5 Å². The lowest BCUT2D eigenvalue weighted by atomic mass is 9.97. The van der Waals surface area contributed by atoms with E-state index in [1.807, 2.05) is 13.8 Å². The smallest absolute Gasteiger partial charge is 0.392 e. The number of hydrogen-bond acceptors (Lipinski definition) is 2. The molecule has 0 amide bonds. The lowest BCUT2D eigenvalue weighted by molar-refractivity contribution is -0.137. The number of halogens is 4. The van der Waals surface area contributed by atoms with Crippen molar-refractivity contribution in [2.24, 2.45) is 0 Å². The summed E-state index contributed by atoms with van der Waals surface area (Å²) >= 11 is 0. The molecule has 1 heterocycles. The Labute approximate surface area is 172 Å². The van der Waals surface area contributed by atoms with Crippen LogP contribution in [0.1, 0.15) is 47.7 Å². The number of benzene rings is 2. The first-order valence-corrected chi connectivity index (χ1v) is 9.45. The van der Waals surface area contributed by atoms with E-state index in [1.54, 1.807) is 36.4 Å². The van der Waals surface area contributed by atoms with Gasteiger partial charge in [-0.15, -0.1) is 0 Å². The highest BCUT2D eigenvalue weighted by Crippen LogP contribution is 2.31. The van der Waals surface area contributed by atoms with Crippen molar-refractivity contribution in [2.75, 3.05) is 0 Å². The van der Waals surface area contributed by atoms with Crippen molar-refractivity contribution in [1.29, 1.82) is 0 Å². The van der Waals surface area contributed by atoms with Gasteiger partial charge in [-0.3, -0.25) is 4.98 Å². The molecule has 30 heavy (non-hydrogen) atoms. The van der Waals surface area contributed by atoms with Crippen LogP contribution in [0.5, 0.6) is 0 Å². The Morgan fingerprint density at radius 2 is 1.70 bits per heavy atom. The van der Waals surface area contributed by atoms with Gasteiger partial charge in [0.05, 0.1) is 23.6 Å². The molecule has 3 aromatic rings. The first-order chi connectivity index (χ1) is 14.2. The number of alkyl halides is 3. The van der Waals surface area contributed by atoms with E-state index in [0.717, 1.165) is 17.8 Å². The highest BCUT2D eigenvalue weighted by atomic mass is 19.4. The second kappa shape index (κ2) is 8.79. The van der Waals surface area contributed by atoms with Gasteiger partial charge in [0.1, 0.15) is 5.82 Å². The Balaban J connectivity index is 2.04. The Morgan fingerprint density at radius 1 is 1.00 bits per heavy atom. The third-order valence-electron chi connectivity index (χ3n) is 4.67. The zero-order chi connectivity index (χ0) is 21.9. The van der Waals surface area contributed by atoms with E-state index in [-0.39, 0.29) is 18.3 Å². The van der Waals surface area contributed by atoms with Crippen LogP contribution in [-0.4, -0.2) is 10.1 Å². The van der Waals surface area contributed by atoms with Crippen LogP contribution in [0.15, 0.2) is 54.6 Å². The molecule has 0 aliphatic carbocycles. The van der Waals surface area contributed by atoms with Crippen molar-refractivity contribution >= 4 is 12.2 Å². The van der Waals surface area contributed by atoms with Crippen molar-refractivity contribution in [2.45, 2.75) is 32.5 Å². The summed E-state index contributed by atoms with van der Waals surface area (Å²) in [5.74, 6) is -0.341. The summed E-state index contributed by atoms with van der Waals surface area (Å²) < 4.78 is 52.1. The van der Waals surface area contributed by atoms with Crippen molar-refractivity contribution in [1.82, 2.24) is 4.98 Å². The molecule has 0 aliphatic rings. The first-order valence-electron chi connectivity index (χ1n) is 9.45. The van der Waals surface area contributed by atoms with E-state index in [9.17, 15) is 22.7 Å². The quantitative estimate of drug-likeness (QED) is 0.471. The molecule has 3 rings (SSSR count). The van der Waals surface area contributed by atoms with Crippen molar-refractivity contribution in [3.05, 3.63) is 88.4 Å². The molecule has 0 saturated carbocycles. The molecule has 2 nitrogen and oxygen atoms in total. The molecule has 0 unspecified atom stereocenters. The number of aromatic nitrogens is 1. The van der Waals surface area contributed by atoms with E-state index in [1.165, 1.54) is 18.2 Å². The summed E-state index contributed by atoms with van der Waals surface area (Å²) in [6.45, 7) is 3.64. The van der Waals surface area contributed by atoms with Crippen molar-refractivity contribution < 1.29 is 22.7 Å². The number of rotatable bonds is 5. The van der Waals surface area contributed by atoms with Gasteiger partial charge in [0.25, 0.3) is 0 Å². The average Bonchev–Trinajstić information content (AvgIpc) is 2.71. The van der Waals surface area contributed by atoms with Crippen LogP contribution in [-0.2, 0) is 12.8 Å². The van der Waals surface area contributed by atoms with Crippen LogP contribution < -0.4 is 0 Å². The van der Waals surface area contributed by atoms with Gasteiger partial charge in [-0.2, -0.15) is 13.2 Å². The number of hydrogen-bond donors (Lipinski definition) is 1. The fourth-order valence-electron chi connectivity index (χ4n) is 3.17. The molecule has 2 aromatic carbocycles. The van der Waals surface area contributed by atoms with E-state index in [2.05, 4.69) is 0 Å². The maximum Gasteiger partial charge on any atom is 0.416 e. The third-order valence-corrected chi connectivity index (χ3v) is 4.67. The fraction of sp³-hybridized carbons (Fsp3) is 0.208. The summed E-state index contributed by atoms with van der Waals surface area (Å²) in [6, 6.07) is 12.7. The Hall–Kier alpha value is -2.99. The van der Waals surface area contributed by atoms with Gasteiger partial charge in [0.15, 0.2) is 0 Å². The minimum absolute atomic E-state index is 0.0260. The molecule has 6 heteroatoms. The van der Waals surface area contributed by atoms with Gasteiger partial charge < -0.3 is 5.11 Å². The molecule has 1 aromatic heterocycles. The molecule has 1 N–H and O–H groups in total. The SMILES string of the molecule is CC(C)c1nc(-c2ccc(F)cc2)c(CO)cc1C=Cc1cccc(C(F)(F)F)c1. The summed E-state index contributed by atoms with van der Waals surface area (Å²) in [7, 11) is 0. The number of aliphatic hydroxyl groups excluding tert-OH is 1. The van der Waals surface area contributed by atoms with Crippen LogP contribution in [0, 0.1) is 5.82 Å². The minimum atomic E-state index is -4.41. The predicted octanol–water partition coefficient (Wildman–Crippen LogP) is 6.69. The number of aliphatic hydroxyl groups is 1. The Bertz CT molecular complexity index is 1050. The zero-order valence-electron chi connectivity index (χ0n) is 16.5. The Morgan fingerprint density at radius 3 is 2.30 bits per heavy atom. The van der Waals surface area contributed by atoms with Crippen molar-refractivity contribution in [3.63, 3.8) is 0 Å². The molecular formula is C24H21F4NO. The fourth-order valence-corrected chi connectivity index (χ4v) is 3.17. The molecule has 0 fully saturated rings. The standard InChI is InChI=1S/C24H21F4NO/c1-15(2)22-18(7-6-16-4-3-5-20(12-16)24(26,27)28)13-19(14-30)23(29-22)17-8-10-21(25)11-9-17/h3-13,15,30H,14H2,1-2H3. The maximum absolute atomic E-state index is 13.3. The number of nitrogens with zero attached hydrogens (tertiary/aromatic N) is 1. The monoisotopic (exact) mass is 415 g/mol. The van der Waals surface area contributed by atoms with Crippen LogP contribution in [0.2, 0.25) is 0 Å². The summed E-state index contributed by atoms with van der Waals surface area (Å²) in [6.07, 6.45) is -1.11. The van der Waals surface area contributed by atoms with Crippen LogP contribution in [0.4, 0.5) is 17.6 Å². The van der Waals surface area contributed by atoms with Crippen LogP contribution in [0.25, 0.3) is 23.4 Å². The summed E-state index contributed by atoms with van der Waals surface area (Å²) in [5.41, 5.74) is 2.91. The van der Waals surface area contributed by atoms with Gasteiger partial charge in [0, 0.05) is 11.1 Å². The summed E-state index contributed by atoms with van der Waals surface area (Å²) in [4.78, 5) is 4.70. The minimum Gasteiger partial charge on any atom is -0.392 e. The second-order valence-corrected chi connectivity index (χ2v) is 7.25. The third kappa shape index (κ3) is 4.94. The van der Waals surface area contributed by atoms with E-state index >= 15 is 0 Å². The van der Waals surface area contributed by atoms with Crippen molar-refractivity contribution in [3.8, 4) is 11.3 Å². The predicted molar refractivity (Wildman–Crippen MR) is 110 cm³/mol. The topological polar surface area (TPSA) is 33.1 Å². The summed E-state index contributed by atoms with van der Waals surface area (Å²) in [5, 5.41) is 9.84. The molecule has 156 valence electrons. The normalized spacial score (nSPS) is 12.1. The van der Waals surface area contributed by atoms with Gasteiger partial charge >= 0.3 is 6.18 Å². The Kier molecular flexibility index (Phi) is 6.37. The first kappa shape index (κ1) is 21.7. The largest absolute Gasteiger partial charge is 0.416 e. The second-order valence-electron chi connectivity index (χ2n) is 7.25. The van der Waals surface area contributed by atoms with Gasteiger partial charge in [0.2, 0.25) is 0 Å². The molecule has 0 atom stereocenters. The highest BCUT2D eigenvalue weighted by molar-refractivity contribution is 5.74. The van der Waals surface area contributed by atoms with E-state index in [0.29, 0.717) is 27.9 Å². The van der Waals surface area contributed by atoms with Gasteiger partial charge in [-0.25, -0.2) is 4.39 Å². The van der Waals surface area contributed by atoms with Crippen LogP contribution >= 0.6 is 0 Å². The molecule has 0 radical (unpaired) electrons. The molecule has 0 aliphatic heterocycles. The van der Waals surface area contributed by atoms with Crippen LogP contribution in [0.3, 0.4) is 0 Å². The maximum atomic E-state index is 13.3. The zero-order valence-corrected chi connectivity index (χ0v) is 16.5. The molecule has 0 bridgehead atoms. The van der Waals surface area contributed by atoms with E-state index < -0.39 is 11.7 Å².